The fraction of sp³-hybridized carbons (Fsp3) is 0.308. The van der Waals surface area contributed by atoms with Crippen LogP contribution in [0.25, 0.3) is 0 Å². The Hall–Kier alpha value is -1.97. The minimum Gasteiger partial charge on any atom is -0.497 e. The minimum atomic E-state index is -0.554. The summed E-state index contributed by atoms with van der Waals surface area (Å²) in [5, 5.41) is 2.67. The Balaban J connectivity index is 2.57. The lowest BCUT2D eigenvalue weighted by atomic mass is 10.3. The van der Waals surface area contributed by atoms with Crippen LogP contribution in [0, 0.1) is 0 Å². The van der Waals surface area contributed by atoms with Gasteiger partial charge in [0.1, 0.15) is 11.5 Å². The zero-order chi connectivity index (χ0) is 12.7. The molecule has 0 aliphatic carbocycles. The number of amides is 1. The molecular formula is C13H17NO3. The predicted molar refractivity (Wildman–Crippen MR) is 66.3 cm³/mol. The standard InChI is InChI=1S/C13H17NO3/c1-4-8-14-13(15)10(2)17-12-7-5-6-11(9-12)16-3/h4-7,9-10H,1,8H2,2-3H3,(H,14,15). The second-order valence-corrected chi connectivity index (χ2v) is 3.47. The van der Waals surface area contributed by atoms with Gasteiger partial charge in [0.25, 0.3) is 5.91 Å². The molecule has 1 amide bonds. The van der Waals surface area contributed by atoms with Gasteiger partial charge >= 0.3 is 0 Å². The van der Waals surface area contributed by atoms with E-state index in [1.807, 2.05) is 12.1 Å². The smallest absolute Gasteiger partial charge is 0.261 e. The van der Waals surface area contributed by atoms with Crippen LogP contribution < -0.4 is 14.8 Å². The lowest BCUT2D eigenvalue weighted by Crippen LogP contribution is -2.36. The van der Waals surface area contributed by atoms with Crippen molar-refractivity contribution in [1.82, 2.24) is 5.32 Å². The third-order valence-electron chi connectivity index (χ3n) is 2.14. The lowest BCUT2D eigenvalue weighted by Gasteiger charge is -2.14. The average molecular weight is 235 g/mol. The summed E-state index contributed by atoms with van der Waals surface area (Å²) in [7, 11) is 1.58. The fourth-order valence-electron chi connectivity index (χ4n) is 1.25. The fourth-order valence-corrected chi connectivity index (χ4v) is 1.25. The molecule has 0 radical (unpaired) electrons. The summed E-state index contributed by atoms with van der Waals surface area (Å²) in [4.78, 5) is 11.5. The van der Waals surface area contributed by atoms with Crippen LogP contribution >= 0.6 is 0 Å². The number of carbonyl (C=O) groups is 1. The maximum Gasteiger partial charge on any atom is 0.261 e. The third kappa shape index (κ3) is 4.18. The van der Waals surface area contributed by atoms with Crippen molar-refractivity contribution < 1.29 is 14.3 Å². The monoisotopic (exact) mass is 235 g/mol. The van der Waals surface area contributed by atoms with E-state index in [-0.39, 0.29) is 5.91 Å². The van der Waals surface area contributed by atoms with Crippen molar-refractivity contribution in [2.75, 3.05) is 13.7 Å². The molecule has 1 N–H and O–H groups in total. The van der Waals surface area contributed by atoms with Crippen LogP contribution in [0.1, 0.15) is 6.92 Å². The molecule has 0 bridgehead atoms. The number of nitrogens with one attached hydrogen (secondary N) is 1. The Bertz CT molecular complexity index is 390. The molecule has 1 rings (SSSR count). The largest absolute Gasteiger partial charge is 0.497 e. The van der Waals surface area contributed by atoms with Gasteiger partial charge in [-0.3, -0.25) is 4.79 Å². The summed E-state index contributed by atoms with van der Waals surface area (Å²) in [5.74, 6) is 1.12. The first kappa shape index (κ1) is 13.1. The van der Waals surface area contributed by atoms with Crippen LogP contribution in [0.3, 0.4) is 0 Å². The van der Waals surface area contributed by atoms with Crippen LogP contribution in [0.15, 0.2) is 36.9 Å². The summed E-state index contributed by atoms with van der Waals surface area (Å²) < 4.78 is 10.6. The van der Waals surface area contributed by atoms with Crippen LogP contribution in [-0.2, 0) is 4.79 Å². The molecule has 0 spiro atoms. The van der Waals surface area contributed by atoms with E-state index in [9.17, 15) is 4.79 Å². The topological polar surface area (TPSA) is 47.6 Å². The first-order chi connectivity index (χ1) is 8.17. The molecule has 0 saturated heterocycles. The van der Waals surface area contributed by atoms with Gasteiger partial charge in [0.2, 0.25) is 0 Å². The van der Waals surface area contributed by atoms with Crippen molar-refractivity contribution in [1.29, 1.82) is 0 Å². The van der Waals surface area contributed by atoms with E-state index in [0.29, 0.717) is 18.0 Å². The highest BCUT2D eigenvalue weighted by atomic mass is 16.5. The van der Waals surface area contributed by atoms with E-state index in [2.05, 4.69) is 11.9 Å². The number of hydrogen-bond donors (Lipinski definition) is 1. The highest BCUT2D eigenvalue weighted by Gasteiger charge is 2.13. The number of carbonyl (C=O) groups excluding carboxylic acids is 1. The lowest BCUT2D eigenvalue weighted by molar-refractivity contribution is -0.127. The van der Waals surface area contributed by atoms with Gasteiger partial charge in [-0.05, 0) is 19.1 Å². The van der Waals surface area contributed by atoms with Crippen molar-refractivity contribution in [2.24, 2.45) is 0 Å². The van der Waals surface area contributed by atoms with Crippen molar-refractivity contribution >= 4 is 5.91 Å². The van der Waals surface area contributed by atoms with Gasteiger partial charge in [-0.25, -0.2) is 0 Å². The molecule has 1 unspecified atom stereocenters. The van der Waals surface area contributed by atoms with Crippen LogP contribution in [0.5, 0.6) is 11.5 Å². The minimum absolute atomic E-state index is 0.173. The Morgan fingerprint density at radius 3 is 2.88 bits per heavy atom. The number of ether oxygens (including phenoxy) is 2. The van der Waals surface area contributed by atoms with E-state index < -0.39 is 6.10 Å². The van der Waals surface area contributed by atoms with Gasteiger partial charge in [0, 0.05) is 12.6 Å². The molecule has 0 saturated carbocycles. The summed E-state index contributed by atoms with van der Waals surface area (Å²) in [6.45, 7) is 5.65. The van der Waals surface area contributed by atoms with Crippen LogP contribution in [0.2, 0.25) is 0 Å². The second kappa shape index (κ2) is 6.58. The first-order valence-corrected chi connectivity index (χ1v) is 5.36. The maximum atomic E-state index is 11.5. The molecule has 4 heteroatoms. The van der Waals surface area contributed by atoms with Crippen LogP contribution in [0.4, 0.5) is 0 Å². The first-order valence-electron chi connectivity index (χ1n) is 5.36. The zero-order valence-electron chi connectivity index (χ0n) is 10.1. The van der Waals surface area contributed by atoms with Gasteiger partial charge in [-0.15, -0.1) is 6.58 Å². The molecule has 17 heavy (non-hydrogen) atoms. The normalized spacial score (nSPS) is 11.4. The number of rotatable bonds is 6. The number of benzene rings is 1. The maximum absolute atomic E-state index is 11.5. The van der Waals surface area contributed by atoms with E-state index in [1.54, 1.807) is 32.2 Å². The molecule has 0 aliphatic rings. The Kier molecular flexibility index (Phi) is 5.07. The summed E-state index contributed by atoms with van der Waals surface area (Å²) in [5.41, 5.74) is 0. The predicted octanol–water partition coefficient (Wildman–Crippen LogP) is 1.76. The molecule has 1 atom stereocenters. The Morgan fingerprint density at radius 2 is 2.24 bits per heavy atom. The Morgan fingerprint density at radius 1 is 1.53 bits per heavy atom. The summed E-state index contributed by atoms with van der Waals surface area (Å²) in [6.07, 6.45) is 1.07. The zero-order valence-corrected chi connectivity index (χ0v) is 10.1. The van der Waals surface area contributed by atoms with Gasteiger partial charge < -0.3 is 14.8 Å². The van der Waals surface area contributed by atoms with Crippen LogP contribution in [-0.4, -0.2) is 25.7 Å². The molecule has 0 aromatic heterocycles. The van der Waals surface area contributed by atoms with Crippen molar-refractivity contribution in [3.05, 3.63) is 36.9 Å². The molecule has 92 valence electrons. The second-order valence-electron chi connectivity index (χ2n) is 3.47. The molecule has 1 aromatic rings. The number of hydrogen-bond acceptors (Lipinski definition) is 3. The Labute approximate surface area is 101 Å². The van der Waals surface area contributed by atoms with Crippen molar-refractivity contribution in [2.45, 2.75) is 13.0 Å². The molecule has 0 fully saturated rings. The van der Waals surface area contributed by atoms with Gasteiger partial charge in [0.05, 0.1) is 7.11 Å². The van der Waals surface area contributed by atoms with E-state index in [4.69, 9.17) is 9.47 Å². The van der Waals surface area contributed by atoms with Gasteiger partial charge in [-0.2, -0.15) is 0 Å². The quantitative estimate of drug-likeness (QED) is 0.764. The van der Waals surface area contributed by atoms with Crippen molar-refractivity contribution in [3.8, 4) is 11.5 Å². The number of methoxy groups -OCH3 is 1. The average Bonchev–Trinajstić information content (AvgIpc) is 2.36. The third-order valence-corrected chi connectivity index (χ3v) is 2.14. The molecule has 0 aliphatic heterocycles. The summed E-state index contributed by atoms with van der Waals surface area (Å²) in [6, 6.07) is 7.13. The molecule has 4 nitrogen and oxygen atoms in total. The summed E-state index contributed by atoms with van der Waals surface area (Å²) >= 11 is 0. The molecule has 0 heterocycles. The SMILES string of the molecule is C=CCNC(=O)C(C)Oc1cccc(OC)c1. The van der Waals surface area contributed by atoms with E-state index in [1.165, 1.54) is 0 Å². The van der Waals surface area contributed by atoms with Gasteiger partial charge in [-0.1, -0.05) is 12.1 Å². The highest BCUT2D eigenvalue weighted by molar-refractivity contribution is 5.80. The molecular weight excluding hydrogens is 218 g/mol. The van der Waals surface area contributed by atoms with Gasteiger partial charge in [0.15, 0.2) is 6.10 Å². The molecule has 1 aromatic carbocycles. The highest BCUT2D eigenvalue weighted by Crippen LogP contribution is 2.19. The van der Waals surface area contributed by atoms with E-state index in [0.717, 1.165) is 0 Å². The van der Waals surface area contributed by atoms with E-state index >= 15 is 0 Å². The van der Waals surface area contributed by atoms with Crippen molar-refractivity contribution in [3.63, 3.8) is 0 Å².